The van der Waals surface area contributed by atoms with Crippen LogP contribution in [0.2, 0.25) is 0 Å². The van der Waals surface area contributed by atoms with Crippen molar-refractivity contribution in [3.63, 3.8) is 0 Å². The second-order valence-corrected chi connectivity index (χ2v) is 5.11. The monoisotopic (exact) mass is 300 g/mol. The molecule has 1 aliphatic heterocycles. The van der Waals surface area contributed by atoms with Crippen molar-refractivity contribution in [3.8, 4) is 0 Å². The number of nitrogens with zero attached hydrogens (tertiary/aromatic N) is 2. The van der Waals surface area contributed by atoms with Crippen molar-refractivity contribution in [1.29, 1.82) is 0 Å². The van der Waals surface area contributed by atoms with Crippen molar-refractivity contribution in [2.75, 3.05) is 14.1 Å². The van der Waals surface area contributed by atoms with Crippen molar-refractivity contribution in [1.82, 2.24) is 9.80 Å². The number of rotatable bonds is 1. The second-order valence-electron chi connectivity index (χ2n) is 5.11. The van der Waals surface area contributed by atoms with Gasteiger partial charge in [-0.15, -0.1) is 5.41 Å². The molecule has 0 aromatic carbocycles. The van der Waals surface area contributed by atoms with E-state index in [1.807, 2.05) is 20.8 Å². The normalized spacial score (nSPS) is 24.6. The zero-order valence-electron chi connectivity index (χ0n) is 10.7. The van der Waals surface area contributed by atoms with E-state index in [-0.39, 0.29) is 62.0 Å². The number of hydrogen-bond acceptors (Lipinski definition) is 2. The SMILES string of the molecule is [CH2-]C(C)(C)[C@H]1[C@H](C)C(=O)N1C(=O)N(C)C.[Y]. The Morgan fingerprint density at radius 1 is 1.44 bits per heavy atom. The fraction of sp³-hybridized carbons (Fsp3) is 0.727. The molecule has 0 aromatic rings. The molecule has 0 saturated carbocycles. The quantitative estimate of drug-likeness (QED) is 0.542. The average Bonchev–Trinajstić information content (AvgIpc) is 2.09. The minimum absolute atomic E-state index is 0. The van der Waals surface area contributed by atoms with Crippen LogP contribution in [-0.2, 0) is 37.5 Å². The first-order valence-electron chi connectivity index (χ1n) is 5.07. The van der Waals surface area contributed by atoms with Crippen molar-refractivity contribution in [2.24, 2.45) is 11.3 Å². The van der Waals surface area contributed by atoms with Crippen LogP contribution in [0.25, 0.3) is 0 Å². The molecule has 5 heteroatoms. The van der Waals surface area contributed by atoms with E-state index in [2.05, 4.69) is 6.92 Å². The number of imide groups is 1. The smallest absolute Gasteiger partial charge is 0.326 e. The van der Waals surface area contributed by atoms with Crippen LogP contribution >= 0.6 is 0 Å². The molecule has 2 atom stereocenters. The van der Waals surface area contributed by atoms with Gasteiger partial charge in [0.25, 0.3) is 0 Å². The van der Waals surface area contributed by atoms with E-state index >= 15 is 0 Å². The van der Waals surface area contributed by atoms with Crippen LogP contribution in [0, 0.1) is 18.3 Å². The molecule has 1 radical (unpaired) electrons. The number of carbonyl (C=O) groups is 2. The molecule has 0 aliphatic carbocycles. The van der Waals surface area contributed by atoms with Crippen molar-refractivity contribution >= 4 is 11.9 Å². The Labute approximate surface area is 123 Å². The van der Waals surface area contributed by atoms with Gasteiger partial charge < -0.3 is 11.8 Å². The van der Waals surface area contributed by atoms with E-state index in [0.717, 1.165) is 0 Å². The maximum absolute atomic E-state index is 11.7. The minimum atomic E-state index is -0.307. The summed E-state index contributed by atoms with van der Waals surface area (Å²) in [5, 5.41) is 0. The van der Waals surface area contributed by atoms with E-state index in [4.69, 9.17) is 0 Å². The van der Waals surface area contributed by atoms with Crippen molar-refractivity contribution in [2.45, 2.75) is 26.8 Å². The zero-order valence-corrected chi connectivity index (χ0v) is 13.5. The van der Waals surface area contributed by atoms with Gasteiger partial charge >= 0.3 is 6.03 Å². The summed E-state index contributed by atoms with van der Waals surface area (Å²) in [5.74, 6) is -0.211. The molecule has 1 saturated heterocycles. The van der Waals surface area contributed by atoms with E-state index in [9.17, 15) is 9.59 Å². The number of urea groups is 1. The summed E-state index contributed by atoms with van der Waals surface area (Å²) < 4.78 is 0. The van der Waals surface area contributed by atoms with Crippen LogP contribution < -0.4 is 0 Å². The van der Waals surface area contributed by atoms with E-state index in [1.165, 1.54) is 9.80 Å². The molecule has 1 rings (SSSR count). The molecule has 89 valence electrons. The number of β-lactam (4-membered cyclic amide) rings is 1. The molecule has 16 heavy (non-hydrogen) atoms. The number of likely N-dealkylation sites (tertiary alicyclic amines) is 1. The third-order valence-corrected chi connectivity index (χ3v) is 2.77. The first-order chi connectivity index (χ1) is 6.68. The fourth-order valence-electron chi connectivity index (χ4n) is 2.09. The molecule has 0 aromatic heterocycles. The van der Waals surface area contributed by atoms with E-state index < -0.39 is 0 Å². The number of carbonyl (C=O) groups excluding carboxylic acids is 2. The zero-order chi connectivity index (χ0) is 12.0. The predicted octanol–water partition coefficient (Wildman–Crippen LogP) is 1.37. The maximum atomic E-state index is 11.7. The molecular weight excluding hydrogens is 281 g/mol. The molecule has 0 unspecified atom stereocenters. The van der Waals surface area contributed by atoms with Crippen LogP contribution in [0.15, 0.2) is 0 Å². The summed E-state index contributed by atoms with van der Waals surface area (Å²) in [7, 11) is 3.29. The molecule has 1 fully saturated rings. The van der Waals surface area contributed by atoms with Gasteiger partial charge in [-0.25, -0.2) is 4.79 Å². The molecule has 1 heterocycles. The van der Waals surface area contributed by atoms with Crippen molar-refractivity contribution < 1.29 is 42.3 Å². The van der Waals surface area contributed by atoms with E-state index in [1.54, 1.807) is 14.1 Å². The Kier molecular flexibility index (Phi) is 5.15. The third kappa shape index (κ3) is 2.65. The Morgan fingerprint density at radius 3 is 2.19 bits per heavy atom. The summed E-state index contributed by atoms with van der Waals surface area (Å²) in [6.45, 7) is 9.73. The Bertz CT molecular complexity index is 297. The summed E-state index contributed by atoms with van der Waals surface area (Å²) in [4.78, 5) is 26.1. The van der Waals surface area contributed by atoms with E-state index in [0.29, 0.717) is 0 Å². The molecule has 4 nitrogen and oxygen atoms in total. The number of hydrogen-bond donors (Lipinski definition) is 0. The topological polar surface area (TPSA) is 40.6 Å². The molecular formula is C11H19N2O2Y-. The summed E-state index contributed by atoms with van der Waals surface area (Å²) in [5.41, 5.74) is -0.307. The van der Waals surface area contributed by atoms with Crippen LogP contribution in [0.1, 0.15) is 20.8 Å². The number of amides is 3. The van der Waals surface area contributed by atoms with Gasteiger partial charge in [0, 0.05) is 52.8 Å². The van der Waals surface area contributed by atoms with Crippen molar-refractivity contribution in [3.05, 3.63) is 6.92 Å². The van der Waals surface area contributed by atoms with Gasteiger partial charge in [0.2, 0.25) is 5.91 Å². The molecule has 0 bridgehead atoms. The van der Waals surface area contributed by atoms with Gasteiger partial charge in [0.15, 0.2) is 0 Å². The average molecular weight is 300 g/mol. The fourth-order valence-corrected chi connectivity index (χ4v) is 2.09. The van der Waals surface area contributed by atoms with Gasteiger partial charge in [-0.1, -0.05) is 20.8 Å². The molecule has 0 spiro atoms. The first-order valence-corrected chi connectivity index (χ1v) is 5.07. The first kappa shape index (κ1) is 16.0. The Morgan fingerprint density at radius 2 is 1.88 bits per heavy atom. The molecule has 1 aliphatic rings. The van der Waals surface area contributed by atoms with Gasteiger partial charge in [-0.3, -0.25) is 9.69 Å². The van der Waals surface area contributed by atoms with Crippen LogP contribution in [-0.4, -0.2) is 41.9 Å². The largest absolute Gasteiger partial charge is 0.336 e. The van der Waals surface area contributed by atoms with Gasteiger partial charge in [-0.2, -0.15) is 0 Å². The van der Waals surface area contributed by atoms with Crippen LogP contribution in [0.5, 0.6) is 0 Å². The summed E-state index contributed by atoms with van der Waals surface area (Å²) >= 11 is 0. The third-order valence-electron chi connectivity index (χ3n) is 2.77. The molecule has 3 amide bonds. The second kappa shape index (κ2) is 5.13. The van der Waals surface area contributed by atoms with Crippen LogP contribution in [0.4, 0.5) is 4.79 Å². The van der Waals surface area contributed by atoms with Gasteiger partial charge in [0.1, 0.15) is 0 Å². The van der Waals surface area contributed by atoms with Crippen LogP contribution in [0.3, 0.4) is 0 Å². The predicted molar refractivity (Wildman–Crippen MR) is 58.0 cm³/mol. The summed E-state index contributed by atoms with van der Waals surface area (Å²) in [6, 6.07) is -0.347. The van der Waals surface area contributed by atoms with Gasteiger partial charge in [-0.05, 0) is 0 Å². The standard InChI is InChI=1S/C11H19N2O2.Y/c1-7-8(11(2,3)4)13(9(7)14)10(15)12(5)6;/h7-8H,2H2,1,3-6H3;/q-1;/t7-,8+;/m0./s1. The molecule has 0 N–H and O–H groups in total. The Hall–Kier alpha value is 0.0439. The Balaban J connectivity index is 0.00000225. The maximum Gasteiger partial charge on any atom is 0.326 e. The summed E-state index contributed by atoms with van der Waals surface area (Å²) in [6.07, 6.45) is 0. The van der Waals surface area contributed by atoms with Gasteiger partial charge in [0.05, 0.1) is 5.92 Å². The minimum Gasteiger partial charge on any atom is -0.336 e.